The first-order valence-electron chi connectivity index (χ1n) is 6.34. The van der Waals surface area contributed by atoms with Crippen molar-refractivity contribution >= 4 is 5.97 Å². The molecule has 0 heterocycles. The molecule has 3 heteroatoms. The fourth-order valence-corrected chi connectivity index (χ4v) is 2.60. The molecule has 1 aromatic rings. The van der Waals surface area contributed by atoms with Crippen LogP contribution in [0.5, 0.6) is 0 Å². The van der Waals surface area contributed by atoms with E-state index in [1.165, 1.54) is 18.2 Å². The summed E-state index contributed by atoms with van der Waals surface area (Å²) in [5, 5.41) is 0. The number of hydrogen-bond acceptors (Lipinski definition) is 3. The van der Waals surface area contributed by atoms with E-state index in [1.54, 1.807) is 0 Å². The van der Waals surface area contributed by atoms with Crippen LogP contribution >= 0.6 is 0 Å². The number of nitrogens with two attached hydrogens (primary N) is 1. The van der Waals surface area contributed by atoms with Gasteiger partial charge in [-0.1, -0.05) is 12.1 Å². The summed E-state index contributed by atoms with van der Waals surface area (Å²) in [5.41, 5.74) is 10.5. The molecule has 3 nitrogen and oxygen atoms in total. The Kier molecular flexibility index (Phi) is 3.20. The van der Waals surface area contributed by atoms with Crippen LogP contribution in [0.2, 0.25) is 0 Å². The van der Waals surface area contributed by atoms with Gasteiger partial charge in [-0.3, -0.25) is 4.79 Å². The second-order valence-corrected chi connectivity index (χ2v) is 5.42. The molecule has 98 valence electrons. The number of benzene rings is 1. The molecule has 0 bridgehead atoms. The van der Waals surface area contributed by atoms with Crippen molar-refractivity contribution in [2.24, 2.45) is 11.1 Å². The van der Waals surface area contributed by atoms with E-state index in [-0.39, 0.29) is 12.0 Å². The van der Waals surface area contributed by atoms with Gasteiger partial charge in [0.05, 0.1) is 12.5 Å². The van der Waals surface area contributed by atoms with Crippen LogP contribution in [0.4, 0.5) is 0 Å². The van der Waals surface area contributed by atoms with Crippen molar-refractivity contribution in [3.8, 4) is 0 Å². The number of carbonyl (C=O) groups excluding carboxylic acids is 1. The molecule has 0 aliphatic heterocycles. The molecule has 0 radical (unpaired) electrons. The molecule has 1 aliphatic rings. The van der Waals surface area contributed by atoms with Crippen molar-refractivity contribution in [1.82, 2.24) is 0 Å². The van der Waals surface area contributed by atoms with Crippen molar-refractivity contribution in [3.63, 3.8) is 0 Å². The van der Waals surface area contributed by atoms with E-state index < -0.39 is 5.41 Å². The van der Waals surface area contributed by atoms with E-state index in [2.05, 4.69) is 32.9 Å². The average molecular weight is 247 g/mol. The maximum atomic E-state index is 11.9. The summed E-state index contributed by atoms with van der Waals surface area (Å²) < 4.78 is 4.90. The van der Waals surface area contributed by atoms with Crippen LogP contribution in [0.25, 0.3) is 0 Å². The predicted molar refractivity (Wildman–Crippen MR) is 71.3 cm³/mol. The van der Waals surface area contributed by atoms with Gasteiger partial charge in [0.1, 0.15) is 0 Å². The Labute approximate surface area is 108 Å². The largest absolute Gasteiger partial charge is 0.469 e. The zero-order chi connectivity index (χ0) is 13.5. The van der Waals surface area contributed by atoms with Gasteiger partial charge in [-0.2, -0.15) is 0 Å². The van der Waals surface area contributed by atoms with Crippen molar-refractivity contribution in [2.75, 3.05) is 7.11 Å². The van der Waals surface area contributed by atoms with Crippen LogP contribution < -0.4 is 5.73 Å². The number of carbonyl (C=O) groups is 1. The number of esters is 1. The van der Waals surface area contributed by atoms with Gasteiger partial charge in [0, 0.05) is 6.04 Å². The summed E-state index contributed by atoms with van der Waals surface area (Å²) in [6, 6.07) is 3.99. The zero-order valence-electron chi connectivity index (χ0n) is 11.5. The maximum Gasteiger partial charge on any atom is 0.313 e. The van der Waals surface area contributed by atoms with Crippen LogP contribution in [0.15, 0.2) is 12.1 Å². The summed E-state index contributed by atoms with van der Waals surface area (Å²) in [4.78, 5) is 11.9. The Hall–Kier alpha value is -1.35. The smallest absolute Gasteiger partial charge is 0.313 e. The van der Waals surface area contributed by atoms with Crippen molar-refractivity contribution < 1.29 is 9.53 Å². The highest BCUT2D eigenvalue weighted by atomic mass is 16.5. The van der Waals surface area contributed by atoms with Crippen molar-refractivity contribution in [3.05, 3.63) is 34.4 Å². The van der Waals surface area contributed by atoms with Gasteiger partial charge in [0.15, 0.2) is 0 Å². The van der Waals surface area contributed by atoms with E-state index in [0.717, 1.165) is 24.0 Å². The normalized spacial score (nSPS) is 18.3. The van der Waals surface area contributed by atoms with Crippen LogP contribution in [-0.4, -0.2) is 13.1 Å². The maximum absolute atomic E-state index is 11.9. The van der Waals surface area contributed by atoms with E-state index in [9.17, 15) is 4.79 Å². The molecule has 0 aromatic heterocycles. The quantitative estimate of drug-likeness (QED) is 0.835. The SMILES string of the molecule is COC(=O)C1(C(N)c2cc(C)c(C)cc2C)CC1. The lowest BCUT2D eigenvalue weighted by atomic mass is 9.86. The van der Waals surface area contributed by atoms with Gasteiger partial charge in [-0.15, -0.1) is 0 Å². The number of ether oxygens (including phenoxy) is 1. The molecule has 2 rings (SSSR count). The summed E-state index contributed by atoms with van der Waals surface area (Å²) in [7, 11) is 1.43. The fourth-order valence-electron chi connectivity index (χ4n) is 2.60. The molecule has 0 spiro atoms. The van der Waals surface area contributed by atoms with Gasteiger partial charge in [0.2, 0.25) is 0 Å². The third-order valence-corrected chi connectivity index (χ3v) is 4.19. The lowest BCUT2D eigenvalue weighted by Crippen LogP contribution is -2.31. The van der Waals surface area contributed by atoms with Gasteiger partial charge in [-0.25, -0.2) is 0 Å². The average Bonchev–Trinajstić information content (AvgIpc) is 3.13. The van der Waals surface area contributed by atoms with Crippen molar-refractivity contribution in [2.45, 2.75) is 39.7 Å². The molecule has 1 fully saturated rings. The molecule has 18 heavy (non-hydrogen) atoms. The number of methoxy groups -OCH3 is 1. The molecule has 1 unspecified atom stereocenters. The molecular formula is C15H21NO2. The Morgan fingerprint density at radius 3 is 2.28 bits per heavy atom. The number of hydrogen-bond donors (Lipinski definition) is 1. The molecule has 1 atom stereocenters. The monoisotopic (exact) mass is 247 g/mol. The Balaban J connectivity index is 2.38. The fraction of sp³-hybridized carbons (Fsp3) is 0.533. The van der Waals surface area contributed by atoms with Crippen molar-refractivity contribution in [1.29, 1.82) is 0 Å². The standard InChI is InChI=1S/C15H21NO2/c1-9-7-11(3)12(8-10(9)2)13(16)15(5-6-15)14(17)18-4/h7-8,13H,5-6,16H2,1-4H3. The second-order valence-electron chi connectivity index (χ2n) is 5.42. The van der Waals surface area contributed by atoms with Gasteiger partial charge in [0.25, 0.3) is 0 Å². The highest BCUT2D eigenvalue weighted by Gasteiger charge is 2.56. The van der Waals surface area contributed by atoms with Gasteiger partial charge >= 0.3 is 5.97 Å². The number of aryl methyl sites for hydroxylation is 3. The third kappa shape index (κ3) is 1.93. The minimum absolute atomic E-state index is 0.173. The molecule has 1 aromatic carbocycles. The summed E-state index contributed by atoms with van der Waals surface area (Å²) >= 11 is 0. The third-order valence-electron chi connectivity index (χ3n) is 4.19. The molecular weight excluding hydrogens is 226 g/mol. The highest BCUT2D eigenvalue weighted by Crippen LogP contribution is 2.55. The molecule has 1 saturated carbocycles. The topological polar surface area (TPSA) is 52.3 Å². The van der Waals surface area contributed by atoms with Gasteiger partial charge < -0.3 is 10.5 Å². The number of rotatable bonds is 3. The lowest BCUT2D eigenvalue weighted by Gasteiger charge is -2.23. The summed E-state index contributed by atoms with van der Waals surface area (Å²) in [6.07, 6.45) is 1.65. The zero-order valence-corrected chi connectivity index (χ0v) is 11.5. The molecule has 2 N–H and O–H groups in total. The van der Waals surface area contributed by atoms with Crippen LogP contribution in [-0.2, 0) is 9.53 Å². The van der Waals surface area contributed by atoms with E-state index in [1.807, 2.05) is 0 Å². The predicted octanol–water partition coefficient (Wildman–Crippen LogP) is 2.56. The Morgan fingerprint density at radius 2 is 1.78 bits per heavy atom. The highest BCUT2D eigenvalue weighted by molar-refractivity contribution is 5.81. The van der Waals surface area contributed by atoms with Crippen LogP contribution in [0.1, 0.15) is 41.1 Å². The molecule has 1 aliphatic carbocycles. The second kappa shape index (κ2) is 4.39. The first-order chi connectivity index (χ1) is 8.42. The summed E-state index contributed by atoms with van der Waals surface area (Å²) in [6.45, 7) is 6.21. The first kappa shape index (κ1) is 13.1. The lowest BCUT2D eigenvalue weighted by molar-refractivity contribution is -0.148. The van der Waals surface area contributed by atoms with E-state index in [0.29, 0.717) is 0 Å². The molecule has 0 amide bonds. The van der Waals surface area contributed by atoms with E-state index >= 15 is 0 Å². The van der Waals surface area contributed by atoms with E-state index in [4.69, 9.17) is 10.5 Å². The summed E-state index contributed by atoms with van der Waals surface area (Å²) in [5.74, 6) is -0.173. The minimum Gasteiger partial charge on any atom is -0.469 e. The Bertz CT molecular complexity index is 490. The molecule has 0 saturated heterocycles. The van der Waals surface area contributed by atoms with Crippen LogP contribution in [0.3, 0.4) is 0 Å². The van der Waals surface area contributed by atoms with Crippen LogP contribution in [0, 0.1) is 26.2 Å². The Morgan fingerprint density at radius 1 is 1.22 bits per heavy atom. The van der Waals surface area contributed by atoms with Gasteiger partial charge in [-0.05, 0) is 55.9 Å². The first-order valence-corrected chi connectivity index (χ1v) is 6.34. The minimum atomic E-state index is -0.485.